The Morgan fingerprint density at radius 2 is 1.90 bits per heavy atom. The van der Waals surface area contributed by atoms with E-state index in [4.69, 9.17) is 9.47 Å². The van der Waals surface area contributed by atoms with Crippen LogP contribution in [0, 0.1) is 0 Å². The van der Waals surface area contributed by atoms with E-state index in [0.717, 1.165) is 37.7 Å². The molecule has 1 aromatic carbocycles. The zero-order valence-electron chi connectivity index (χ0n) is 18.0. The van der Waals surface area contributed by atoms with Crippen molar-refractivity contribution >= 4 is 35.4 Å². The second-order valence-electron chi connectivity index (χ2n) is 8.22. The number of imide groups is 1. The van der Waals surface area contributed by atoms with Crippen LogP contribution < -0.4 is 4.31 Å². The van der Waals surface area contributed by atoms with Crippen LogP contribution in [-0.4, -0.2) is 85.4 Å². The number of nitrogens with zero attached hydrogens (tertiary/aromatic N) is 3. The van der Waals surface area contributed by atoms with E-state index in [1.807, 2.05) is 16.6 Å². The molecular weight excluding hydrogens is 406 g/mol. The molecular formula is C21H29N3O5S. The lowest BCUT2D eigenvalue weighted by molar-refractivity contribution is -0.155. The van der Waals surface area contributed by atoms with Crippen LogP contribution in [0.2, 0.25) is 0 Å². The Morgan fingerprint density at radius 1 is 1.20 bits per heavy atom. The number of benzene rings is 1. The Balaban J connectivity index is 1.77. The Labute approximate surface area is 181 Å². The van der Waals surface area contributed by atoms with Crippen molar-refractivity contribution in [2.75, 3.05) is 56.5 Å². The highest BCUT2D eigenvalue weighted by Crippen LogP contribution is 2.34. The average molecular weight is 436 g/mol. The van der Waals surface area contributed by atoms with E-state index < -0.39 is 29.9 Å². The van der Waals surface area contributed by atoms with Gasteiger partial charge in [-0.2, -0.15) is 0 Å². The third-order valence-electron chi connectivity index (χ3n) is 4.90. The molecule has 0 radical (unpaired) electrons. The molecule has 1 aromatic rings. The highest BCUT2D eigenvalue weighted by atomic mass is 32.2. The second kappa shape index (κ2) is 9.36. The molecule has 1 fully saturated rings. The van der Waals surface area contributed by atoms with Gasteiger partial charge in [-0.05, 0) is 32.9 Å². The molecule has 2 amide bonds. The van der Waals surface area contributed by atoms with Gasteiger partial charge in [0.25, 0.3) is 11.8 Å². The van der Waals surface area contributed by atoms with Crippen LogP contribution in [0.4, 0.5) is 5.69 Å². The van der Waals surface area contributed by atoms with Crippen LogP contribution in [0.3, 0.4) is 0 Å². The fourth-order valence-corrected chi connectivity index (χ4v) is 4.15. The minimum Gasteiger partial charge on any atom is -0.459 e. The largest absolute Gasteiger partial charge is 0.459 e. The van der Waals surface area contributed by atoms with E-state index in [9.17, 15) is 14.4 Å². The normalized spacial score (nSPS) is 17.3. The number of anilines is 1. The summed E-state index contributed by atoms with van der Waals surface area (Å²) in [5.41, 5.74) is 0.683. The van der Waals surface area contributed by atoms with E-state index in [1.54, 1.807) is 32.9 Å². The summed E-state index contributed by atoms with van der Waals surface area (Å²) in [6, 6.07) is 5.25. The molecule has 2 heterocycles. The number of amides is 2. The quantitative estimate of drug-likeness (QED) is 0.366. The summed E-state index contributed by atoms with van der Waals surface area (Å²) in [5, 5.41) is 0. The lowest BCUT2D eigenvalue weighted by atomic mass is 10.1. The minimum atomic E-state index is -0.684. The van der Waals surface area contributed by atoms with Gasteiger partial charge in [0.2, 0.25) is 0 Å². The summed E-state index contributed by atoms with van der Waals surface area (Å²) in [6.45, 7) is 9.60. The standard InChI is InChI=1S/C21H29N3O5S/c1-21(2,3)29-17(25)14-23-19(26)15-6-5-7-16(18(15)20(23)27)24(30-4)9-8-22-10-12-28-13-11-22/h5-7H,8-14H2,1-4H3. The van der Waals surface area contributed by atoms with Crippen LogP contribution in [0.5, 0.6) is 0 Å². The summed E-state index contributed by atoms with van der Waals surface area (Å²) in [5.74, 6) is -1.52. The van der Waals surface area contributed by atoms with Gasteiger partial charge in [-0.15, -0.1) is 0 Å². The lowest BCUT2D eigenvalue weighted by Gasteiger charge is -2.30. The Bertz CT molecular complexity index is 817. The smallest absolute Gasteiger partial charge is 0.326 e. The molecule has 0 aromatic heterocycles. The van der Waals surface area contributed by atoms with Gasteiger partial charge in [0.15, 0.2) is 0 Å². The molecule has 0 aliphatic carbocycles. The topological polar surface area (TPSA) is 79.4 Å². The van der Waals surface area contributed by atoms with Gasteiger partial charge in [-0.25, -0.2) is 0 Å². The van der Waals surface area contributed by atoms with Crippen molar-refractivity contribution in [2.24, 2.45) is 0 Å². The Morgan fingerprint density at radius 3 is 2.53 bits per heavy atom. The van der Waals surface area contributed by atoms with Crippen molar-refractivity contribution < 1.29 is 23.9 Å². The van der Waals surface area contributed by atoms with Gasteiger partial charge in [-0.3, -0.25) is 24.2 Å². The molecule has 0 spiro atoms. The fourth-order valence-electron chi connectivity index (χ4n) is 3.54. The lowest BCUT2D eigenvalue weighted by Crippen LogP contribution is -2.40. The summed E-state index contributed by atoms with van der Waals surface area (Å²) < 4.78 is 12.7. The molecule has 0 unspecified atom stereocenters. The maximum Gasteiger partial charge on any atom is 0.326 e. The molecule has 30 heavy (non-hydrogen) atoms. The fraction of sp³-hybridized carbons (Fsp3) is 0.571. The van der Waals surface area contributed by atoms with Crippen molar-refractivity contribution in [2.45, 2.75) is 26.4 Å². The zero-order valence-corrected chi connectivity index (χ0v) is 18.8. The van der Waals surface area contributed by atoms with Crippen LogP contribution >= 0.6 is 11.9 Å². The molecule has 3 rings (SSSR count). The van der Waals surface area contributed by atoms with Crippen LogP contribution in [0.25, 0.3) is 0 Å². The van der Waals surface area contributed by atoms with E-state index >= 15 is 0 Å². The highest BCUT2D eigenvalue weighted by molar-refractivity contribution is 7.99. The van der Waals surface area contributed by atoms with Gasteiger partial charge in [-0.1, -0.05) is 18.0 Å². The number of morpholine rings is 1. The maximum atomic E-state index is 13.1. The van der Waals surface area contributed by atoms with Gasteiger partial charge in [0, 0.05) is 32.4 Å². The van der Waals surface area contributed by atoms with E-state index in [2.05, 4.69) is 4.90 Å². The molecule has 164 valence electrons. The first-order valence-corrected chi connectivity index (χ1v) is 11.2. The molecule has 0 bridgehead atoms. The van der Waals surface area contributed by atoms with Crippen LogP contribution in [-0.2, 0) is 14.3 Å². The van der Waals surface area contributed by atoms with E-state index in [-0.39, 0.29) is 0 Å². The first-order valence-electron chi connectivity index (χ1n) is 10.0. The number of rotatable bonds is 7. The number of esters is 1. The van der Waals surface area contributed by atoms with E-state index in [1.165, 1.54) is 11.9 Å². The molecule has 0 saturated carbocycles. The molecule has 0 atom stereocenters. The summed E-state index contributed by atoms with van der Waals surface area (Å²) in [4.78, 5) is 41.4. The molecule has 0 N–H and O–H groups in total. The number of carbonyl (C=O) groups excluding carboxylic acids is 3. The van der Waals surface area contributed by atoms with Crippen molar-refractivity contribution in [3.05, 3.63) is 29.3 Å². The number of carbonyl (C=O) groups is 3. The van der Waals surface area contributed by atoms with Crippen molar-refractivity contribution in [1.29, 1.82) is 0 Å². The highest BCUT2D eigenvalue weighted by Gasteiger charge is 2.40. The van der Waals surface area contributed by atoms with Crippen LogP contribution in [0.15, 0.2) is 18.2 Å². The summed E-state index contributed by atoms with van der Waals surface area (Å²) >= 11 is 1.51. The number of hydrogen-bond acceptors (Lipinski definition) is 8. The van der Waals surface area contributed by atoms with E-state index in [0.29, 0.717) is 23.4 Å². The van der Waals surface area contributed by atoms with Gasteiger partial charge < -0.3 is 13.8 Å². The first-order chi connectivity index (χ1) is 14.2. The Hall–Kier alpha value is -2.10. The number of fused-ring (bicyclic) bond motifs is 1. The SMILES string of the molecule is CSN(CCN1CCOCC1)c1cccc2c1C(=O)N(CC(=O)OC(C)(C)C)C2=O. The summed E-state index contributed by atoms with van der Waals surface area (Å²) in [7, 11) is 0. The molecule has 8 nitrogen and oxygen atoms in total. The second-order valence-corrected chi connectivity index (χ2v) is 9.03. The minimum absolute atomic E-state index is 0.325. The first kappa shape index (κ1) is 22.6. The van der Waals surface area contributed by atoms with Gasteiger partial charge in [0.05, 0.1) is 30.0 Å². The number of hydrogen-bond donors (Lipinski definition) is 0. The molecule has 9 heteroatoms. The average Bonchev–Trinajstić information content (AvgIpc) is 2.93. The maximum absolute atomic E-state index is 13.1. The van der Waals surface area contributed by atoms with Gasteiger partial charge in [0.1, 0.15) is 12.1 Å². The van der Waals surface area contributed by atoms with Crippen molar-refractivity contribution in [3.8, 4) is 0 Å². The molecule has 1 saturated heterocycles. The molecule has 2 aliphatic rings. The zero-order chi connectivity index (χ0) is 21.9. The predicted octanol–water partition coefficient (Wildman–Crippen LogP) is 2.04. The van der Waals surface area contributed by atoms with Crippen molar-refractivity contribution in [1.82, 2.24) is 9.80 Å². The van der Waals surface area contributed by atoms with Crippen molar-refractivity contribution in [3.63, 3.8) is 0 Å². The predicted molar refractivity (Wildman–Crippen MR) is 116 cm³/mol. The third-order valence-corrected chi connectivity index (χ3v) is 5.72. The monoisotopic (exact) mass is 435 g/mol. The number of ether oxygens (including phenoxy) is 2. The molecule has 2 aliphatic heterocycles. The Kier molecular flexibility index (Phi) is 7.05. The summed E-state index contributed by atoms with van der Waals surface area (Å²) in [6.07, 6.45) is 1.94. The van der Waals surface area contributed by atoms with Crippen LogP contribution in [0.1, 0.15) is 41.5 Å². The third kappa shape index (κ3) is 5.14. The van der Waals surface area contributed by atoms with Gasteiger partial charge >= 0.3 is 5.97 Å².